The average molecular weight is 275 g/mol. The Morgan fingerprint density at radius 1 is 1.35 bits per heavy atom. The largest absolute Gasteiger partial charge is 0.493 e. The Balaban J connectivity index is 2.15. The molecular weight excluding hydrogens is 258 g/mol. The molecule has 106 valence electrons. The molecule has 0 atom stereocenters. The SMILES string of the molecule is CCOc1ccc(NC(=O)c2cc(N)c[nH]2)cc1OC. The second-order valence-corrected chi connectivity index (χ2v) is 4.10. The molecule has 0 aliphatic heterocycles. The van der Waals surface area contributed by atoms with Gasteiger partial charge in [-0.2, -0.15) is 0 Å². The lowest BCUT2D eigenvalue weighted by Gasteiger charge is -2.11. The number of aromatic amines is 1. The molecule has 0 unspecified atom stereocenters. The number of anilines is 2. The number of nitrogens with one attached hydrogen (secondary N) is 2. The van der Waals surface area contributed by atoms with Crippen molar-refractivity contribution in [1.29, 1.82) is 0 Å². The van der Waals surface area contributed by atoms with E-state index in [1.54, 1.807) is 37.6 Å². The quantitative estimate of drug-likeness (QED) is 0.780. The summed E-state index contributed by atoms with van der Waals surface area (Å²) in [6.07, 6.45) is 1.56. The van der Waals surface area contributed by atoms with Crippen molar-refractivity contribution in [1.82, 2.24) is 4.98 Å². The zero-order chi connectivity index (χ0) is 14.5. The van der Waals surface area contributed by atoms with Gasteiger partial charge in [-0.15, -0.1) is 0 Å². The summed E-state index contributed by atoms with van der Waals surface area (Å²) in [5.41, 5.74) is 7.09. The van der Waals surface area contributed by atoms with Gasteiger partial charge in [0.1, 0.15) is 5.69 Å². The predicted octanol–water partition coefficient (Wildman–Crippen LogP) is 2.26. The molecule has 0 fully saturated rings. The van der Waals surface area contributed by atoms with Crippen LogP contribution in [0.25, 0.3) is 0 Å². The molecule has 0 bridgehead atoms. The molecule has 4 N–H and O–H groups in total. The molecule has 1 heterocycles. The fourth-order valence-corrected chi connectivity index (χ4v) is 1.76. The van der Waals surface area contributed by atoms with E-state index in [4.69, 9.17) is 15.2 Å². The molecule has 1 aromatic carbocycles. The molecule has 6 heteroatoms. The summed E-state index contributed by atoms with van der Waals surface area (Å²) in [5, 5.41) is 2.75. The third-order valence-corrected chi connectivity index (χ3v) is 2.67. The summed E-state index contributed by atoms with van der Waals surface area (Å²) in [6.45, 7) is 2.44. The summed E-state index contributed by atoms with van der Waals surface area (Å²) in [7, 11) is 1.55. The molecule has 0 spiro atoms. The highest BCUT2D eigenvalue weighted by Crippen LogP contribution is 2.30. The number of aromatic nitrogens is 1. The zero-order valence-electron chi connectivity index (χ0n) is 11.4. The summed E-state index contributed by atoms with van der Waals surface area (Å²) >= 11 is 0. The average Bonchev–Trinajstić information content (AvgIpc) is 2.87. The number of rotatable bonds is 5. The first-order valence-electron chi connectivity index (χ1n) is 6.20. The smallest absolute Gasteiger partial charge is 0.272 e. The van der Waals surface area contributed by atoms with Gasteiger partial charge in [0.2, 0.25) is 0 Å². The van der Waals surface area contributed by atoms with Crippen LogP contribution in [0.15, 0.2) is 30.5 Å². The number of carbonyl (C=O) groups is 1. The number of amides is 1. The number of carbonyl (C=O) groups excluding carboxylic acids is 1. The number of benzene rings is 1. The Bertz CT molecular complexity index is 607. The first kappa shape index (κ1) is 13.8. The maximum atomic E-state index is 12.0. The van der Waals surface area contributed by atoms with E-state index in [0.29, 0.717) is 35.2 Å². The number of ether oxygens (including phenoxy) is 2. The normalized spacial score (nSPS) is 10.1. The van der Waals surface area contributed by atoms with Crippen LogP contribution in [0.1, 0.15) is 17.4 Å². The number of hydrogen-bond donors (Lipinski definition) is 3. The number of H-pyrrole nitrogens is 1. The zero-order valence-corrected chi connectivity index (χ0v) is 11.4. The van der Waals surface area contributed by atoms with Crippen molar-refractivity contribution in [3.63, 3.8) is 0 Å². The topological polar surface area (TPSA) is 89.4 Å². The number of nitrogens with two attached hydrogens (primary N) is 1. The Morgan fingerprint density at radius 3 is 2.75 bits per heavy atom. The van der Waals surface area contributed by atoms with Gasteiger partial charge in [-0.1, -0.05) is 0 Å². The molecule has 0 radical (unpaired) electrons. The van der Waals surface area contributed by atoms with Crippen LogP contribution in [-0.4, -0.2) is 24.6 Å². The van der Waals surface area contributed by atoms with Crippen LogP contribution >= 0.6 is 0 Å². The summed E-state index contributed by atoms with van der Waals surface area (Å²) in [5.74, 6) is 0.931. The molecule has 1 amide bonds. The first-order chi connectivity index (χ1) is 9.63. The summed E-state index contributed by atoms with van der Waals surface area (Å²) in [6, 6.07) is 6.77. The van der Waals surface area contributed by atoms with Gasteiger partial charge >= 0.3 is 0 Å². The van der Waals surface area contributed by atoms with Gasteiger partial charge in [0.15, 0.2) is 11.5 Å². The Morgan fingerprint density at radius 2 is 2.15 bits per heavy atom. The van der Waals surface area contributed by atoms with Gasteiger partial charge in [-0.05, 0) is 25.1 Å². The van der Waals surface area contributed by atoms with Gasteiger partial charge in [0.25, 0.3) is 5.91 Å². The lowest BCUT2D eigenvalue weighted by molar-refractivity contribution is 0.102. The highest BCUT2D eigenvalue weighted by atomic mass is 16.5. The Labute approximate surface area is 116 Å². The van der Waals surface area contributed by atoms with E-state index in [9.17, 15) is 4.79 Å². The third-order valence-electron chi connectivity index (χ3n) is 2.67. The maximum Gasteiger partial charge on any atom is 0.272 e. The number of methoxy groups -OCH3 is 1. The van der Waals surface area contributed by atoms with E-state index in [1.807, 2.05) is 6.92 Å². The minimum Gasteiger partial charge on any atom is -0.493 e. The maximum absolute atomic E-state index is 12.0. The summed E-state index contributed by atoms with van der Waals surface area (Å²) in [4.78, 5) is 14.8. The van der Waals surface area contributed by atoms with E-state index in [0.717, 1.165) is 0 Å². The molecule has 0 aliphatic rings. The Kier molecular flexibility index (Phi) is 4.14. The van der Waals surface area contributed by atoms with Crippen LogP contribution in [0.5, 0.6) is 11.5 Å². The predicted molar refractivity (Wildman–Crippen MR) is 77.3 cm³/mol. The molecule has 6 nitrogen and oxygen atoms in total. The highest BCUT2D eigenvalue weighted by Gasteiger charge is 2.10. The second-order valence-electron chi connectivity index (χ2n) is 4.10. The van der Waals surface area contributed by atoms with Gasteiger partial charge in [0.05, 0.1) is 13.7 Å². The van der Waals surface area contributed by atoms with Crippen molar-refractivity contribution < 1.29 is 14.3 Å². The fraction of sp³-hybridized carbons (Fsp3) is 0.214. The molecule has 0 saturated carbocycles. The van der Waals surface area contributed by atoms with Crippen LogP contribution in [0.4, 0.5) is 11.4 Å². The van der Waals surface area contributed by atoms with Crippen molar-refractivity contribution in [3.05, 3.63) is 36.2 Å². The van der Waals surface area contributed by atoms with Crippen LogP contribution in [0.2, 0.25) is 0 Å². The monoisotopic (exact) mass is 275 g/mol. The van der Waals surface area contributed by atoms with Crippen LogP contribution in [0, 0.1) is 0 Å². The van der Waals surface area contributed by atoms with Crippen LogP contribution in [0.3, 0.4) is 0 Å². The van der Waals surface area contributed by atoms with Crippen molar-refractivity contribution in [2.45, 2.75) is 6.92 Å². The Hall–Kier alpha value is -2.63. The molecule has 2 aromatic rings. The van der Waals surface area contributed by atoms with Crippen molar-refractivity contribution in [2.24, 2.45) is 0 Å². The highest BCUT2D eigenvalue weighted by molar-refractivity contribution is 6.03. The molecule has 0 saturated heterocycles. The molecule has 0 aliphatic carbocycles. The standard InChI is InChI=1S/C14H17N3O3/c1-3-20-12-5-4-10(7-13(12)19-2)17-14(18)11-6-9(15)8-16-11/h4-8,16H,3,15H2,1-2H3,(H,17,18). The minimum absolute atomic E-state index is 0.270. The minimum atomic E-state index is -0.270. The van der Waals surface area contributed by atoms with Gasteiger partial charge < -0.3 is 25.5 Å². The third kappa shape index (κ3) is 3.03. The van der Waals surface area contributed by atoms with E-state index in [-0.39, 0.29) is 5.91 Å². The molecule has 20 heavy (non-hydrogen) atoms. The van der Waals surface area contributed by atoms with Gasteiger partial charge in [-0.25, -0.2) is 0 Å². The van der Waals surface area contributed by atoms with Gasteiger partial charge in [-0.3, -0.25) is 4.79 Å². The van der Waals surface area contributed by atoms with Gasteiger partial charge in [0, 0.05) is 23.6 Å². The van der Waals surface area contributed by atoms with E-state index >= 15 is 0 Å². The molecular formula is C14H17N3O3. The van der Waals surface area contributed by atoms with Crippen LogP contribution < -0.4 is 20.5 Å². The van der Waals surface area contributed by atoms with E-state index in [2.05, 4.69) is 10.3 Å². The number of hydrogen-bond acceptors (Lipinski definition) is 4. The van der Waals surface area contributed by atoms with E-state index in [1.165, 1.54) is 0 Å². The molecule has 1 aromatic heterocycles. The second kappa shape index (κ2) is 6.01. The van der Waals surface area contributed by atoms with E-state index < -0.39 is 0 Å². The molecule has 2 rings (SSSR count). The number of nitrogen functional groups attached to an aromatic ring is 1. The first-order valence-corrected chi connectivity index (χ1v) is 6.20. The lowest BCUT2D eigenvalue weighted by atomic mass is 10.2. The lowest BCUT2D eigenvalue weighted by Crippen LogP contribution is -2.12. The van der Waals surface area contributed by atoms with Crippen molar-refractivity contribution in [3.8, 4) is 11.5 Å². The van der Waals surface area contributed by atoms with Crippen LogP contribution in [-0.2, 0) is 0 Å². The van der Waals surface area contributed by atoms with Crippen molar-refractivity contribution >= 4 is 17.3 Å². The van der Waals surface area contributed by atoms with Crippen molar-refractivity contribution in [2.75, 3.05) is 24.8 Å². The fourth-order valence-electron chi connectivity index (χ4n) is 1.76. The summed E-state index contributed by atoms with van der Waals surface area (Å²) < 4.78 is 10.6.